The van der Waals surface area contributed by atoms with Crippen molar-refractivity contribution in [3.63, 3.8) is 0 Å². The predicted octanol–water partition coefficient (Wildman–Crippen LogP) is 3.53. The zero-order valence-electron chi connectivity index (χ0n) is 11.8. The summed E-state index contributed by atoms with van der Waals surface area (Å²) in [5.74, 6) is 0.764. The van der Waals surface area contributed by atoms with Crippen LogP contribution in [0.1, 0.15) is 23.6 Å². The predicted molar refractivity (Wildman–Crippen MR) is 80.5 cm³/mol. The summed E-state index contributed by atoms with van der Waals surface area (Å²) in [6.07, 6.45) is 0.612. The van der Waals surface area contributed by atoms with Crippen LogP contribution in [0.5, 0.6) is 5.75 Å². The van der Waals surface area contributed by atoms with E-state index < -0.39 is 0 Å². The average molecular weight is 280 g/mol. The van der Waals surface area contributed by atoms with Crippen LogP contribution in [-0.2, 0) is 13.0 Å². The van der Waals surface area contributed by atoms with Crippen LogP contribution < -0.4 is 4.74 Å². The molecule has 21 heavy (non-hydrogen) atoms. The summed E-state index contributed by atoms with van der Waals surface area (Å²) >= 11 is 0. The first-order valence-electron chi connectivity index (χ1n) is 6.59. The third-order valence-electron chi connectivity index (χ3n) is 3.02. The van der Waals surface area contributed by atoms with E-state index in [0.717, 1.165) is 16.9 Å². The molecule has 0 radical (unpaired) electrons. The number of hydrogen-bond acceptors (Lipinski definition) is 4. The Kier molecular flexibility index (Phi) is 4.94. The van der Waals surface area contributed by atoms with Crippen molar-refractivity contribution in [1.29, 1.82) is 5.26 Å². The van der Waals surface area contributed by atoms with Crippen molar-refractivity contribution in [3.8, 4) is 11.8 Å². The van der Waals surface area contributed by atoms with Crippen LogP contribution in [-0.4, -0.2) is 10.9 Å². The Hall–Kier alpha value is -2.80. The van der Waals surface area contributed by atoms with Crippen molar-refractivity contribution >= 4 is 5.71 Å². The van der Waals surface area contributed by atoms with Crippen LogP contribution in [0.25, 0.3) is 0 Å². The zero-order valence-corrected chi connectivity index (χ0v) is 11.8. The van der Waals surface area contributed by atoms with Gasteiger partial charge < -0.3 is 9.94 Å². The van der Waals surface area contributed by atoms with Gasteiger partial charge in [0.05, 0.1) is 17.3 Å². The second-order valence-electron chi connectivity index (χ2n) is 4.76. The molecule has 0 atom stereocenters. The summed E-state index contributed by atoms with van der Waals surface area (Å²) < 4.78 is 5.69. The van der Waals surface area contributed by atoms with E-state index in [1.165, 1.54) is 0 Å². The van der Waals surface area contributed by atoms with E-state index in [0.29, 0.717) is 24.3 Å². The summed E-state index contributed by atoms with van der Waals surface area (Å²) in [5.41, 5.74) is 3.31. The normalized spacial score (nSPS) is 11.0. The molecule has 0 spiro atoms. The third kappa shape index (κ3) is 4.36. The molecule has 0 fully saturated rings. The minimum absolute atomic E-state index is 0.423. The van der Waals surface area contributed by atoms with Crippen LogP contribution in [0, 0.1) is 11.3 Å². The maximum Gasteiger partial charge on any atom is 0.119 e. The highest BCUT2D eigenvalue weighted by Gasteiger charge is 2.00. The lowest BCUT2D eigenvalue weighted by atomic mass is 10.1. The maximum absolute atomic E-state index is 8.85. The quantitative estimate of drug-likeness (QED) is 0.517. The molecule has 2 aromatic carbocycles. The molecule has 2 aromatic rings. The molecule has 106 valence electrons. The Morgan fingerprint density at radius 1 is 1.19 bits per heavy atom. The summed E-state index contributed by atoms with van der Waals surface area (Å²) in [4.78, 5) is 0. The van der Waals surface area contributed by atoms with Gasteiger partial charge in [-0.1, -0.05) is 29.4 Å². The highest BCUT2D eigenvalue weighted by Crippen LogP contribution is 2.15. The van der Waals surface area contributed by atoms with Gasteiger partial charge in [0, 0.05) is 6.42 Å². The first kappa shape index (κ1) is 14.6. The summed E-state index contributed by atoms with van der Waals surface area (Å²) in [6, 6.07) is 17.1. The summed E-state index contributed by atoms with van der Waals surface area (Å²) in [7, 11) is 0. The number of rotatable bonds is 5. The van der Waals surface area contributed by atoms with Gasteiger partial charge >= 0.3 is 0 Å². The Labute approximate surface area is 123 Å². The minimum Gasteiger partial charge on any atom is -0.489 e. The SMILES string of the molecule is C/C(Cc1ccc(OCc2cccc(C#N)c2)cc1)=N/O. The second-order valence-corrected chi connectivity index (χ2v) is 4.76. The van der Waals surface area contributed by atoms with Gasteiger partial charge in [0.2, 0.25) is 0 Å². The molecule has 0 saturated carbocycles. The molecule has 2 rings (SSSR count). The molecule has 0 aliphatic heterocycles. The molecule has 0 saturated heterocycles. The molecule has 4 nitrogen and oxygen atoms in total. The van der Waals surface area contributed by atoms with Crippen LogP contribution in [0.15, 0.2) is 53.7 Å². The van der Waals surface area contributed by atoms with Crippen LogP contribution in [0.4, 0.5) is 0 Å². The monoisotopic (exact) mass is 280 g/mol. The smallest absolute Gasteiger partial charge is 0.119 e. The second kappa shape index (κ2) is 7.11. The van der Waals surface area contributed by atoms with Crippen LogP contribution >= 0.6 is 0 Å². The standard InChI is InChI=1S/C17H16N2O2/c1-13(19-20)9-14-5-7-17(8-6-14)21-12-16-4-2-3-15(10-16)11-18/h2-8,10,20H,9,12H2,1H3/b19-13-. The Bertz CT molecular complexity index is 670. The fraction of sp³-hybridized carbons (Fsp3) is 0.176. The van der Waals surface area contributed by atoms with Gasteiger partial charge in [-0.05, 0) is 42.3 Å². The van der Waals surface area contributed by atoms with Crippen molar-refractivity contribution < 1.29 is 9.94 Å². The summed E-state index contributed by atoms with van der Waals surface area (Å²) in [6.45, 7) is 2.19. The van der Waals surface area contributed by atoms with Gasteiger partial charge in [0.15, 0.2) is 0 Å². The van der Waals surface area contributed by atoms with Gasteiger partial charge in [-0.15, -0.1) is 0 Å². The van der Waals surface area contributed by atoms with Gasteiger partial charge in [0.25, 0.3) is 0 Å². The Morgan fingerprint density at radius 2 is 1.95 bits per heavy atom. The zero-order chi connectivity index (χ0) is 15.1. The topological polar surface area (TPSA) is 65.6 Å². The van der Waals surface area contributed by atoms with Gasteiger partial charge in [-0.3, -0.25) is 0 Å². The lowest BCUT2D eigenvalue weighted by Crippen LogP contribution is -1.98. The molecule has 0 amide bonds. The molecule has 0 aromatic heterocycles. The number of oxime groups is 1. The van der Waals surface area contributed by atoms with E-state index in [4.69, 9.17) is 15.2 Å². The molecule has 0 aliphatic rings. The number of nitrogens with zero attached hydrogens (tertiary/aromatic N) is 2. The van der Waals surface area contributed by atoms with Crippen LogP contribution in [0.2, 0.25) is 0 Å². The largest absolute Gasteiger partial charge is 0.489 e. The van der Waals surface area contributed by atoms with Gasteiger partial charge in [0.1, 0.15) is 12.4 Å². The molecule has 1 N–H and O–H groups in total. The Morgan fingerprint density at radius 3 is 2.62 bits per heavy atom. The van der Waals surface area contributed by atoms with Crippen LogP contribution in [0.3, 0.4) is 0 Å². The van der Waals surface area contributed by atoms with Gasteiger partial charge in [-0.25, -0.2) is 0 Å². The van der Waals surface area contributed by atoms with Crippen molar-refractivity contribution in [2.24, 2.45) is 5.16 Å². The fourth-order valence-electron chi connectivity index (χ4n) is 1.93. The number of nitriles is 1. The number of ether oxygens (including phenoxy) is 1. The minimum atomic E-state index is 0.423. The lowest BCUT2D eigenvalue weighted by Gasteiger charge is -2.07. The maximum atomic E-state index is 8.85. The Balaban J connectivity index is 1.96. The molecule has 4 heteroatoms. The molecule has 0 aliphatic carbocycles. The van der Waals surface area contributed by atoms with E-state index in [9.17, 15) is 0 Å². The number of hydrogen-bond donors (Lipinski definition) is 1. The van der Waals surface area contributed by atoms with Crippen molar-refractivity contribution in [3.05, 3.63) is 65.2 Å². The van der Waals surface area contributed by atoms with E-state index in [1.807, 2.05) is 42.5 Å². The van der Waals surface area contributed by atoms with E-state index in [1.54, 1.807) is 13.0 Å². The lowest BCUT2D eigenvalue weighted by molar-refractivity contribution is 0.306. The molecular weight excluding hydrogens is 264 g/mol. The van der Waals surface area contributed by atoms with E-state index in [2.05, 4.69) is 11.2 Å². The highest BCUT2D eigenvalue weighted by atomic mass is 16.5. The van der Waals surface area contributed by atoms with E-state index in [-0.39, 0.29) is 0 Å². The first-order valence-corrected chi connectivity index (χ1v) is 6.59. The average Bonchev–Trinajstić information content (AvgIpc) is 2.54. The van der Waals surface area contributed by atoms with Crippen molar-refractivity contribution in [2.45, 2.75) is 20.0 Å². The first-order chi connectivity index (χ1) is 10.2. The fourth-order valence-corrected chi connectivity index (χ4v) is 1.93. The highest BCUT2D eigenvalue weighted by molar-refractivity contribution is 5.83. The van der Waals surface area contributed by atoms with Crippen molar-refractivity contribution in [2.75, 3.05) is 0 Å². The van der Waals surface area contributed by atoms with Gasteiger partial charge in [-0.2, -0.15) is 5.26 Å². The molecule has 0 heterocycles. The number of benzene rings is 2. The molecule has 0 bridgehead atoms. The van der Waals surface area contributed by atoms with E-state index >= 15 is 0 Å². The third-order valence-corrected chi connectivity index (χ3v) is 3.02. The molecule has 0 unspecified atom stereocenters. The molecular formula is C17H16N2O2. The van der Waals surface area contributed by atoms with Crippen molar-refractivity contribution in [1.82, 2.24) is 0 Å². The summed E-state index contributed by atoms with van der Waals surface area (Å²) in [5, 5.41) is 20.7.